The van der Waals surface area contributed by atoms with Gasteiger partial charge in [-0.15, -0.1) is 0 Å². The van der Waals surface area contributed by atoms with Crippen LogP contribution in [-0.4, -0.2) is 24.5 Å². The molecule has 1 aliphatic rings. The first-order valence-corrected chi connectivity index (χ1v) is 7.52. The molecule has 18 heavy (non-hydrogen) atoms. The minimum absolute atomic E-state index is 0.0290. The molecule has 1 aliphatic heterocycles. The number of nitrogens with one attached hydrogen (secondary N) is 2. The lowest BCUT2D eigenvalue weighted by Gasteiger charge is -2.28. The van der Waals surface area contributed by atoms with Crippen LogP contribution in [0.5, 0.6) is 0 Å². The van der Waals surface area contributed by atoms with Crippen LogP contribution in [0.3, 0.4) is 0 Å². The molecule has 0 aromatic rings. The highest BCUT2D eigenvalue weighted by Gasteiger charge is 2.25. The average Bonchev–Trinajstić information content (AvgIpc) is 2.28. The molecule has 0 radical (unpaired) electrons. The molecule has 0 spiro atoms. The summed E-state index contributed by atoms with van der Waals surface area (Å²) in [5, 5.41) is 6.46. The van der Waals surface area contributed by atoms with Gasteiger partial charge in [-0.2, -0.15) is 0 Å². The summed E-state index contributed by atoms with van der Waals surface area (Å²) in [5.74, 6) is 1.62. The summed E-state index contributed by atoms with van der Waals surface area (Å²) in [6, 6.07) is 0.330. The van der Waals surface area contributed by atoms with E-state index in [0.717, 1.165) is 25.3 Å². The minimum Gasteiger partial charge on any atom is -0.352 e. The van der Waals surface area contributed by atoms with E-state index in [1.165, 1.54) is 19.3 Å². The van der Waals surface area contributed by atoms with Crippen LogP contribution in [0.25, 0.3) is 0 Å². The maximum absolute atomic E-state index is 12.1. The number of amides is 1. The molecule has 0 aromatic heterocycles. The van der Waals surface area contributed by atoms with E-state index >= 15 is 0 Å². The van der Waals surface area contributed by atoms with Gasteiger partial charge in [-0.3, -0.25) is 4.79 Å². The van der Waals surface area contributed by atoms with Crippen molar-refractivity contribution in [3.63, 3.8) is 0 Å². The Morgan fingerprint density at radius 3 is 2.67 bits per heavy atom. The molecule has 3 unspecified atom stereocenters. The molecule has 1 fully saturated rings. The van der Waals surface area contributed by atoms with E-state index < -0.39 is 0 Å². The molecule has 0 aromatic carbocycles. The van der Waals surface area contributed by atoms with E-state index in [9.17, 15) is 4.79 Å². The third-order valence-electron chi connectivity index (χ3n) is 3.79. The van der Waals surface area contributed by atoms with Gasteiger partial charge < -0.3 is 10.6 Å². The van der Waals surface area contributed by atoms with Gasteiger partial charge in [0.15, 0.2) is 0 Å². The lowest BCUT2D eigenvalue weighted by molar-refractivity contribution is -0.124. The van der Waals surface area contributed by atoms with E-state index in [0.29, 0.717) is 12.0 Å². The molecule has 3 atom stereocenters. The molecule has 0 aliphatic carbocycles. The van der Waals surface area contributed by atoms with Crippen molar-refractivity contribution in [2.45, 2.75) is 71.9 Å². The van der Waals surface area contributed by atoms with Gasteiger partial charge in [0.25, 0.3) is 0 Å². The lowest BCUT2D eigenvalue weighted by Crippen LogP contribution is -2.50. The fourth-order valence-corrected chi connectivity index (χ4v) is 2.56. The van der Waals surface area contributed by atoms with Crippen molar-refractivity contribution in [1.29, 1.82) is 0 Å². The van der Waals surface area contributed by atoms with Crippen molar-refractivity contribution in [2.75, 3.05) is 6.54 Å². The molecule has 106 valence electrons. The number of hydrogen-bond donors (Lipinski definition) is 2. The Labute approximate surface area is 112 Å². The highest BCUT2D eigenvalue weighted by Crippen LogP contribution is 2.15. The summed E-state index contributed by atoms with van der Waals surface area (Å²) in [6.07, 6.45) is 5.71. The van der Waals surface area contributed by atoms with E-state index in [4.69, 9.17) is 0 Å². The number of piperidine rings is 1. The van der Waals surface area contributed by atoms with Gasteiger partial charge in [-0.05, 0) is 44.6 Å². The standard InChI is InChI=1S/C15H30N2O/c1-11(2)6-5-7-13(4)17-15(18)14-10-12(3)8-9-16-14/h11-14,16H,5-10H2,1-4H3,(H,17,18). The summed E-state index contributed by atoms with van der Waals surface area (Å²) in [7, 11) is 0. The van der Waals surface area contributed by atoms with E-state index in [1.54, 1.807) is 0 Å². The first-order valence-electron chi connectivity index (χ1n) is 7.52. The van der Waals surface area contributed by atoms with Gasteiger partial charge in [0.05, 0.1) is 6.04 Å². The highest BCUT2D eigenvalue weighted by molar-refractivity contribution is 5.82. The smallest absolute Gasteiger partial charge is 0.237 e. The summed E-state index contributed by atoms with van der Waals surface area (Å²) in [6.45, 7) is 9.81. The van der Waals surface area contributed by atoms with Crippen LogP contribution < -0.4 is 10.6 Å². The number of carbonyl (C=O) groups is 1. The van der Waals surface area contributed by atoms with E-state index in [1.807, 2.05) is 0 Å². The zero-order chi connectivity index (χ0) is 13.5. The predicted octanol–water partition coefficient (Wildman–Crippen LogP) is 2.71. The Bertz CT molecular complexity index is 253. The van der Waals surface area contributed by atoms with Crippen molar-refractivity contribution in [1.82, 2.24) is 10.6 Å². The second-order valence-electron chi connectivity index (χ2n) is 6.37. The molecule has 1 heterocycles. The molecular formula is C15H30N2O. The fraction of sp³-hybridized carbons (Fsp3) is 0.933. The molecule has 1 saturated heterocycles. The first-order chi connectivity index (χ1) is 8.49. The topological polar surface area (TPSA) is 41.1 Å². The third kappa shape index (κ3) is 5.85. The molecule has 3 heteroatoms. The van der Waals surface area contributed by atoms with Gasteiger partial charge in [0.2, 0.25) is 5.91 Å². The van der Waals surface area contributed by atoms with Crippen LogP contribution in [0.2, 0.25) is 0 Å². The van der Waals surface area contributed by atoms with Crippen LogP contribution >= 0.6 is 0 Å². The molecule has 3 nitrogen and oxygen atoms in total. The Morgan fingerprint density at radius 2 is 2.06 bits per heavy atom. The van der Waals surface area contributed by atoms with Crippen LogP contribution in [0.1, 0.15) is 59.8 Å². The Hall–Kier alpha value is -0.570. The second-order valence-corrected chi connectivity index (χ2v) is 6.37. The third-order valence-corrected chi connectivity index (χ3v) is 3.79. The maximum Gasteiger partial charge on any atom is 0.237 e. The number of carbonyl (C=O) groups excluding carboxylic acids is 1. The van der Waals surface area contributed by atoms with Crippen molar-refractivity contribution in [2.24, 2.45) is 11.8 Å². The lowest BCUT2D eigenvalue weighted by atomic mass is 9.93. The Balaban J connectivity index is 2.21. The summed E-state index contributed by atoms with van der Waals surface area (Å²) < 4.78 is 0. The van der Waals surface area contributed by atoms with Gasteiger partial charge in [0.1, 0.15) is 0 Å². The van der Waals surface area contributed by atoms with Gasteiger partial charge in [0, 0.05) is 6.04 Å². The average molecular weight is 254 g/mol. The predicted molar refractivity (Wildman–Crippen MR) is 76.5 cm³/mol. The second kappa shape index (κ2) is 7.78. The molecule has 0 saturated carbocycles. The highest BCUT2D eigenvalue weighted by atomic mass is 16.2. The molecular weight excluding hydrogens is 224 g/mol. The van der Waals surface area contributed by atoms with Crippen molar-refractivity contribution in [3.8, 4) is 0 Å². The summed E-state index contributed by atoms with van der Waals surface area (Å²) in [5.41, 5.74) is 0. The van der Waals surface area contributed by atoms with Gasteiger partial charge >= 0.3 is 0 Å². The maximum atomic E-state index is 12.1. The van der Waals surface area contributed by atoms with Crippen molar-refractivity contribution >= 4 is 5.91 Å². The summed E-state index contributed by atoms with van der Waals surface area (Å²) >= 11 is 0. The van der Waals surface area contributed by atoms with E-state index in [2.05, 4.69) is 38.3 Å². The molecule has 1 rings (SSSR count). The minimum atomic E-state index is 0.0290. The van der Waals surface area contributed by atoms with E-state index in [-0.39, 0.29) is 11.9 Å². The van der Waals surface area contributed by atoms with Crippen LogP contribution in [0.15, 0.2) is 0 Å². The quantitative estimate of drug-likeness (QED) is 0.765. The van der Waals surface area contributed by atoms with Gasteiger partial charge in [-0.25, -0.2) is 0 Å². The molecule has 1 amide bonds. The SMILES string of the molecule is CC(C)CCCC(C)NC(=O)C1CC(C)CCN1. The first kappa shape index (κ1) is 15.5. The normalized spacial score (nSPS) is 26.1. The number of rotatable bonds is 6. The monoisotopic (exact) mass is 254 g/mol. The van der Waals surface area contributed by atoms with Crippen molar-refractivity contribution < 1.29 is 4.79 Å². The zero-order valence-corrected chi connectivity index (χ0v) is 12.5. The van der Waals surface area contributed by atoms with Gasteiger partial charge in [-0.1, -0.05) is 33.6 Å². The Kier molecular flexibility index (Phi) is 6.69. The zero-order valence-electron chi connectivity index (χ0n) is 12.5. The summed E-state index contributed by atoms with van der Waals surface area (Å²) in [4.78, 5) is 12.1. The van der Waals surface area contributed by atoms with Crippen molar-refractivity contribution in [3.05, 3.63) is 0 Å². The number of hydrogen-bond acceptors (Lipinski definition) is 2. The van der Waals surface area contributed by atoms with Crippen LogP contribution in [0.4, 0.5) is 0 Å². The largest absolute Gasteiger partial charge is 0.352 e. The van der Waals surface area contributed by atoms with Crippen LogP contribution in [-0.2, 0) is 4.79 Å². The molecule has 2 N–H and O–H groups in total. The fourth-order valence-electron chi connectivity index (χ4n) is 2.56. The van der Waals surface area contributed by atoms with Crippen LogP contribution in [0, 0.1) is 11.8 Å². The Morgan fingerprint density at radius 1 is 1.33 bits per heavy atom. The molecule has 0 bridgehead atoms.